The molecule has 0 radical (unpaired) electrons. The summed E-state index contributed by atoms with van der Waals surface area (Å²) in [5, 5.41) is 6.89. The van der Waals surface area contributed by atoms with Crippen LogP contribution in [0.4, 0.5) is 0 Å². The molecule has 1 atom stereocenters. The van der Waals surface area contributed by atoms with E-state index in [2.05, 4.69) is 41.4 Å². The van der Waals surface area contributed by atoms with Crippen LogP contribution >= 0.6 is 0 Å². The molecule has 2 heteroatoms. The highest BCUT2D eigenvalue weighted by atomic mass is 15.1. The predicted octanol–water partition coefficient (Wildman–Crippen LogP) is 5.00. The smallest absolute Gasteiger partial charge is 0.0604 e. The Hall–Kier alpha value is -1.31. The first-order chi connectivity index (χ1) is 8.24. The summed E-state index contributed by atoms with van der Waals surface area (Å²) in [7, 11) is 0. The van der Waals surface area contributed by atoms with Crippen LogP contribution in [0, 0.1) is 12.8 Å². The lowest BCUT2D eigenvalue weighted by molar-refractivity contribution is 0.941. The monoisotopic (exact) mass is 236 g/mol. The summed E-state index contributed by atoms with van der Waals surface area (Å²) in [4.78, 5) is 0. The van der Waals surface area contributed by atoms with Gasteiger partial charge >= 0.3 is 0 Å². The summed E-state index contributed by atoms with van der Waals surface area (Å²) in [6.07, 6.45) is 10.3. The van der Waals surface area contributed by atoms with Gasteiger partial charge in [0.2, 0.25) is 0 Å². The van der Waals surface area contributed by atoms with E-state index in [0.717, 1.165) is 5.69 Å². The molecule has 1 aromatic rings. The van der Waals surface area contributed by atoms with Crippen LogP contribution in [0.3, 0.4) is 0 Å². The van der Waals surface area contributed by atoms with Crippen LogP contribution in [0.15, 0.2) is 24.4 Å². The van der Waals surface area contributed by atoms with Crippen LogP contribution in [0.2, 0.25) is 0 Å². The van der Waals surface area contributed by atoms with Crippen LogP contribution in [-0.4, -0.2) is 10.2 Å². The molecular formula is C15H28N2. The second-order valence-corrected chi connectivity index (χ2v) is 3.21. The van der Waals surface area contributed by atoms with Crippen molar-refractivity contribution < 1.29 is 0 Å². The van der Waals surface area contributed by atoms with Crippen LogP contribution in [-0.2, 0) is 0 Å². The highest BCUT2D eigenvalue weighted by Gasteiger charge is 1.95. The van der Waals surface area contributed by atoms with Crippen LogP contribution in [0.1, 0.15) is 52.8 Å². The molecule has 0 fully saturated rings. The first-order valence-corrected chi connectivity index (χ1v) is 6.55. The number of aryl methyl sites for hydroxylation is 1. The fourth-order valence-electron chi connectivity index (χ4n) is 1.14. The van der Waals surface area contributed by atoms with E-state index in [4.69, 9.17) is 0 Å². The van der Waals surface area contributed by atoms with E-state index in [1.807, 2.05) is 47.7 Å². The molecule has 17 heavy (non-hydrogen) atoms. The molecule has 0 spiro atoms. The van der Waals surface area contributed by atoms with E-state index in [0.29, 0.717) is 5.92 Å². The summed E-state index contributed by atoms with van der Waals surface area (Å²) in [5.41, 5.74) is 2.28. The average molecular weight is 236 g/mol. The van der Waals surface area contributed by atoms with Crippen LogP contribution in [0.25, 0.3) is 6.08 Å². The zero-order chi connectivity index (χ0) is 13.7. The average Bonchev–Trinajstić information content (AvgIpc) is 2.78. The fraction of sp³-hybridized carbons (Fsp3) is 0.533. The van der Waals surface area contributed by atoms with E-state index in [9.17, 15) is 0 Å². The number of H-pyrrole nitrogens is 1. The molecule has 0 amide bonds. The molecule has 0 aliphatic heterocycles. The van der Waals surface area contributed by atoms with Crippen molar-refractivity contribution in [1.82, 2.24) is 10.2 Å². The Morgan fingerprint density at radius 2 is 1.76 bits per heavy atom. The summed E-state index contributed by atoms with van der Waals surface area (Å²) in [5.74, 6) is 0.479. The van der Waals surface area contributed by atoms with Gasteiger partial charge in [0.25, 0.3) is 0 Å². The molecule has 2 nitrogen and oxygen atoms in total. The second kappa shape index (κ2) is 12.8. The van der Waals surface area contributed by atoms with Gasteiger partial charge in [-0.05, 0) is 31.4 Å². The van der Waals surface area contributed by atoms with Crippen molar-refractivity contribution >= 4 is 6.08 Å². The lowest BCUT2D eigenvalue weighted by Crippen LogP contribution is -1.82. The van der Waals surface area contributed by atoms with Gasteiger partial charge < -0.3 is 0 Å². The maximum Gasteiger partial charge on any atom is 0.0604 e. The maximum atomic E-state index is 3.95. The fourth-order valence-corrected chi connectivity index (χ4v) is 1.14. The van der Waals surface area contributed by atoms with Gasteiger partial charge in [-0.25, -0.2) is 0 Å². The van der Waals surface area contributed by atoms with E-state index >= 15 is 0 Å². The second-order valence-electron chi connectivity index (χ2n) is 3.21. The van der Waals surface area contributed by atoms with Crippen LogP contribution < -0.4 is 0 Å². The number of aromatic nitrogens is 2. The zero-order valence-corrected chi connectivity index (χ0v) is 12.4. The van der Waals surface area contributed by atoms with Gasteiger partial charge in [0.15, 0.2) is 0 Å². The Labute approximate surface area is 107 Å². The highest BCUT2D eigenvalue weighted by Crippen LogP contribution is 2.07. The Morgan fingerprint density at radius 1 is 1.18 bits per heavy atom. The molecule has 0 aliphatic carbocycles. The lowest BCUT2D eigenvalue weighted by atomic mass is 10.1. The molecule has 0 bridgehead atoms. The number of hydrogen-bond acceptors (Lipinski definition) is 1. The molecular weight excluding hydrogens is 208 g/mol. The minimum atomic E-state index is 0.479. The van der Waals surface area contributed by atoms with Gasteiger partial charge in [0, 0.05) is 0 Å². The summed E-state index contributed by atoms with van der Waals surface area (Å²) < 4.78 is 0. The molecule has 1 N–H and O–H groups in total. The predicted molar refractivity (Wildman–Crippen MR) is 79.0 cm³/mol. The number of nitrogens with one attached hydrogen (secondary N) is 1. The van der Waals surface area contributed by atoms with E-state index in [1.165, 1.54) is 5.56 Å². The first-order valence-electron chi connectivity index (χ1n) is 6.55. The number of nitrogens with zero attached hydrogens (tertiary/aromatic N) is 1. The number of hydrogen-bond donors (Lipinski definition) is 1. The van der Waals surface area contributed by atoms with Crippen molar-refractivity contribution in [1.29, 1.82) is 0 Å². The molecule has 0 aliphatic rings. The third-order valence-electron chi connectivity index (χ3n) is 1.93. The molecule has 98 valence electrons. The molecule has 0 saturated heterocycles. The Morgan fingerprint density at radius 3 is 2.18 bits per heavy atom. The minimum Gasteiger partial charge on any atom is -0.278 e. The molecule has 1 unspecified atom stereocenters. The molecule has 1 aromatic heterocycles. The SMILES string of the molecule is C/C=C\C(C)/C=C\c1[nH]ncc1C.CC.CC. The van der Waals surface area contributed by atoms with Crippen molar-refractivity contribution in [3.63, 3.8) is 0 Å². The Kier molecular flexibility index (Phi) is 13.6. The van der Waals surface area contributed by atoms with Gasteiger partial charge in [-0.3, -0.25) is 5.10 Å². The van der Waals surface area contributed by atoms with Gasteiger partial charge in [0.1, 0.15) is 0 Å². The molecule has 0 saturated carbocycles. The third-order valence-corrected chi connectivity index (χ3v) is 1.93. The highest BCUT2D eigenvalue weighted by molar-refractivity contribution is 5.48. The normalized spacial score (nSPS) is 11.7. The van der Waals surface area contributed by atoms with Gasteiger partial charge in [-0.1, -0.05) is 52.8 Å². The Bertz CT molecular complexity index is 308. The number of allylic oxidation sites excluding steroid dienone is 3. The van der Waals surface area contributed by atoms with Crippen molar-refractivity contribution in [3.05, 3.63) is 35.7 Å². The molecule has 1 heterocycles. The van der Waals surface area contributed by atoms with Gasteiger partial charge in [-0.15, -0.1) is 0 Å². The quantitative estimate of drug-likeness (QED) is 0.735. The lowest BCUT2D eigenvalue weighted by Gasteiger charge is -1.95. The molecule has 1 rings (SSSR count). The van der Waals surface area contributed by atoms with Crippen LogP contribution in [0.5, 0.6) is 0 Å². The summed E-state index contributed by atoms with van der Waals surface area (Å²) in [6.45, 7) is 14.2. The standard InChI is InChI=1S/C11H16N2.2C2H6/c1-4-5-9(2)6-7-11-10(3)8-12-13-11;2*1-2/h4-9H,1-3H3,(H,12,13);2*1-2H3/b5-4-,7-6-;;. The van der Waals surface area contributed by atoms with Crippen molar-refractivity contribution in [2.45, 2.75) is 48.5 Å². The van der Waals surface area contributed by atoms with Crippen molar-refractivity contribution in [3.8, 4) is 0 Å². The summed E-state index contributed by atoms with van der Waals surface area (Å²) in [6, 6.07) is 0. The third kappa shape index (κ3) is 8.49. The molecule has 0 aromatic carbocycles. The maximum absolute atomic E-state index is 3.95. The van der Waals surface area contributed by atoms with Crippen molar-refractivity contribution in [2.75, 3.05) is 0 Å². The van der Waals surface area contributed by atoms with E-state index in [-0.39, 0.29) is 0 Å². The Balaban J connectivity index is 0. The zero-order valence-electron chi connectivity index (χ0n) is 12.4. The van der Waals surface area contributed by atoms with E-state index in [1.54, 1.807) is 0 Å². The minimum absolute atomic E-state index is 0.479. The topological polar surface area (TPSA) is 28.7 Å². The van der Waals surface area contributed by atoms with Crippen molar-refractivity contribution in [2.24, 2.45) is 5.92 Å². The van der Waals surface area contributed by atoms with Gasteiger partial charge in [-0.2, -0.15) is 5.10 Å². The first kappa shape index (κ1) is 18.1. The van der Waals surface area contributed by atoms with E-state index < -0.39 is 0 Å². The summed E-state index contributed by atoms with van der Waals surface area (Å²) >= 11 is 0. The van der Waals surface area contributed by atoms with Gasteiger partial charge in [0.05, 0.1) is 11.9 Å². The largest absolute Gasteiger partial charge is 0.278 e. The number of rotatable bonds is 3. The number of aromatic amines is 1.